The maximum Gasteiger partial charge on any atom is 0.278 e. The number of aromatic nitrogens is 3. The lowest BCUT2D eigenvalue weighted by Crippen LogP contribution is -2.27. The molecule has 0 aliphatic rings. The van der Waals surface area contributed by atoms with Gasteiger partial charge >= 0.3 is 0 Å². The van der Waals surface area contributed by atoms with Gasteiger partial charge in [0.15, 0.2) is 0 Å². The molecule has 124 valence electrons. The third-order valence-electron chi connectivity index (χ3n) is 3.92. The van der Waals surface area contributed by atoms with Crippen LogP contribution in [0.2, 0.25) is 0 Å². The average molecular weight is 336 g/mol. The fraction of sp³-hybridized carbons (Fsp3) is 0.0556. The molecule has 6 nitrogen and oxygen atoms in total. The third kappa shape index (κ3) is 2.76. The first-order valence-electron chi connectivity index (χ1n) is 7.63. The molecule has 0 saturated carbocycles. The van der Waals surface area contributed by atoms with E-state index in [4.69, 9.17) is 0 Å². The highest BCUT2D eigenvalue weighted by molar-refractivity contribution is 6.04. The van der Waals surface area contributed by atoms with E-state index < -0.39 is 5.91 Å². The Morgan fingerprint density at radius 1 is 1.16 bits per heavy atom. The number of nitrogens with one attached hydrogen (secondary N) is 2. The highest BCUT2D eigenvalue weighted by atomic mass is 19.1. The zero-order chi connectivity index (χ0) is 17.4. The fourth-order valence-corrected chi connectivity index (χ4v) is 2.74. The van der Waals surface area contributed by atoms with Gasteiger partial charge in [0.25, 0.3) is 5.56 Å². The number of anilines is 1. The number of hydrogen-bond acceptors (Lipinski definition) is 3. The van der Waals surface area contributed by atoms with Crippen LogP contribution in [0.5, 0.6) is 0 Å². The molecule has 0 aliphatic heterocycles. The second kappa shape index (κ2) is 5.86. The van der Waals surface area contributed by atoms with Gasteiger partial charge in [-0.2, -0.15) is 0 Å². The molecular formula is C18H13FN4O2. The molecule has 0 fully saturated rings. The molecular weight excluding hydrogens is 323 g/mol. The van der Waals surface area contributed by atoms with Gasteiger partial charge in [-0.3, -0.25) is 14.2 Å². The van der Waals surface area contributed by atoms with Crippen molar-refractivity contribution in [2.75, 3.05) is 5.32 Å². The molecule has 4 aromatic rings. The number of hydrogen-bond donors (Lipinski definition) is 2. The molecule has 0 aliphatic carbocycles. The average Bonchev–Trinajstić information content (AvgIpc) is 2.99. The Kier molecular flexibility index (Phi) is 3.53. The van der Waals surface area contributed by atoms with E-state index in [2.05, 4.69) is 15.3 Å². The first kappa shape index (κ1) is 15.1. The number of carbonyl (C=O) groups excluding carboxylic acids is 1. The maximum atomic E-state index is 12.9. The highest BCUT2D eigenvalue weighted by Gasteiger charge is 2.12. The summed E-state index contributed by atoms with van der Waals surface area (Å²) in [5.41, 5.74) is 1.89. The second-order valence-electron chi connectivity index (χ2n) is 5.63. The highest BCUT2D eigenvalue weighted by Crippen LogP contribution is 2.20. The van der Waals surface area contributed by atoms with Crippen LogP contribution in [0.25, 0.3) is 21.9 Å². The van der Waals surface area contributed by atoms with E-state index in [9.17, 15) is 14.0 Å². The predicted octanol–water partition coefficient (Wildman–Crippen LogP) is 2.66. The van der Waals surface area contributed by atoms with E-state index in [-0.39, 0.29) is 17.9 Å². The van der Waals surface area contributed by atoms with Crippen molar-refractivity contribution in [3.8, 4) is 0 Å². The number of carbonyl (C=O) groups is 1. The number of rotatable bonds is 3. The number of aromatic amines is 1. The molecule has 0 saturated heterocycles. The minimum atomic E-state index is -0.397. The summed E-state index contributed by atoms with van der Waals surface area (Å²) < 4.78 is 14.1. The Balaban J connectivity index is 1.64. The molecule has 2 N–H and O–H groups in total. The molecule has 7 heteroatoms. The first-order chi connectivity index (χ1) is 12.1. The van der Waals surface area contributed by atoms with Crippen molar-refractivity contribution < 1.29 is 9.18 Å². The quantitative estimate of drug-likeness (QED) is 0.604. The van der Waals surface area contributed by atoms with Crippen molar-refractivity contribution in [2.24, 2.45) is 0 Å². The Morgan fingerprint density at radius 3 is 2.72 bits per heavy atom. The van der Waals surface area contributed by atoms with Crippen LogP contribution in [0.15, 0.2) is 59.7 Å². The Hall–Kier alpha value is -3.48. The van der Waals surface area contributed by atoms with Crippen molar-refractivity contribution in [1.82, 2.24) is 14.5 Å². The van der Waals surface area contributed by atoms with Crippen LogP contribution in [0.4, 0.5) is 10.1 Å². The smallest absolute Gasteiger partial charge is 0.278 e. The molecule has 0 unspecified atom stereocenters. The summed E-state index contributed by atoms with van der Waals surface area (Å²) in [5.74, 6) is -0.784. The Labute approximate surface area is 140 Å². The van der Waals surface area contributed by atoms with Crippen LogP contribution in [0, 0.1) is 5.82 Å². The normalized spacial score (nSPS) is 11.1. The van der Waals surface area contributed by atoms with Gasteiger partial charge in [0.1, 0.15) is 23.4 Å². The molecule has 0 radical (unpaired) electrons. The van der Waals surface area contributed by atoms with Crippen LogP contribution < -0.4 is 10.9 Å². The lowest BCUT2D eigenvalue weighted by molar-refractivity contribution is -0.116. The van der Waals surface area contributed by atoms with Crippen LogP contribution in [0.1, 0.15) is 0 Å². The molecule has 2 heterocycles. The zero-order valence-corrected chi connectivity index (χ0v) is 13.0. The number of para-hydroxylation sites is 1. The summed E-state index contributed by atoms with van der Waals surface area (Å²) in [4.78, 5) is 32.1. The van der Waals surface area contributed by atoms with E-state index in [1.54, 1.807) is 0 Å². The van der Waals surface area contributed by atoms with Crippen molar-refractivity contribution in [2.45, 2.75) is 6.54 Å². The van der Waals surface area contributed by atoms with Crippen molar-refractivity contribution in [3.05, 3.63) is 71.0 Å². The molecule has 25 heavy (non-hydrogen) atoms. The first-order valence-corrected chi connectivity index (χ1v) is 7.63. The topological polar surface area (TPSA) is 79.8 Å². The van der Waals surface area contributed by atoms with E-state index in [0.717, 1.165) is 10.9 Å². The molecule has 0 bridgehead atoms. The molecule has 1 amide bonds. The van der Waals surface area contributed by atoms with Gasteiger partial charge in [0.05, 0.1) is 6.33 Å². The summed E-state index contributed by atoms with van der Waals surface area (Å²) in [6.45, 7) is -0.186. The van der Waals surface area contributed by atoms with Gasteiger partial charge < -0.3 is 10.3 Å². The number of nitrogens with zero attached hydrogens (tertiary/aromatic N) is 2. The molecule has 4 rings (SSSR count). The van der Waals surface area contributed by atoms with Crippen LogP contribution in [-0.4, -0.2) is 20.4 Å². The Bertz CT molecular complexity index is 1150. The molecule has 0 atom stereocenters. The van der Waals surface area contributed by atoms with Gasteiger partial charge in [-0.25, -0.2) is 9.37 Å². The molecule has 2 aromatic carbocycles. The minimum absolute atomic E-state index is 0.186. The van der Waals surface area contributed by atoms with Crippen molar-refractivity contribution >= 4 is 33.5 Å². The predicted molar refractivity (Wildman–Crippen MR) is 92.9 cm³/mol. The van der Waals surface area contributed by atoms with Crippen molar-refractivity contribution in [3.63, 3.8) is 0 Å². The summed E-state index contributed by atoms with van der Waals surface area (Å²) in [7, 11) is 0. The maximum absolute atomic E-state index is 12.9. The van der Waals surface area contributed by atoms with Gasteiger partial charge in [-0.15, -0.1) is 0 Å². The largest absolute Gasteiger partial charge is 0.349 e. The number of amides is 1. The monoisotopic (exact) mass is 336 g/mol. The fourth-order valence-electron chi connectivity index (χ4n) is 2.74. The lowest BCUT2D eigenvalue weighted by atomic mass is 10.2. The SMILES string of the molecule is O=C(Cn1cnc2c([nH]c3ccccc32)c1=O)Nc1ccc(F)cc1. The van der Waals surface area contributed by atoms with Gasteiger partial charge in [0.2, 0.25) is 5.91 Å². The number of fused-ring (bicyclic) bond motifs is 3. The van der Waals surface area contributed by atoms with E-state index in [1.807, 2.05) is 24.3 Å². The molecule has 2 aromatic heterocycles. The summed E-state index contributed by atoms with van der Waals surface area (Å²) in [6.07, 6.45) is 1.36. The number of H-pyrrole nitrogens is 1. The number of halogens is 1. The Morgan fingerprint density at radius 2 is 1.92 bits per heavy atom. The minimum Gasteiger partial charge on any atom is -0.349 e. The summed E-state index contributed by atoms with van der Waals surface area (Å²) >= 11 is 0. The van der Waals surface area contributed by atoms with Crippen LogP contribution >= 0.6 is 0 Å². The second-order valence-corrected chi connectivity index (χ2v) is 5.63. The van der Waals surface area contributed by atoms with Crippen molar-refractivity contribution in [1.29, 1.82) is 0 Å². The third-order valence-corrected chi connectivity index (χ3v) is 3.92. The van der Waals surface area contributed by atoms with Crippen LogP contribution in [-0.2, 0) is 11.3 Å². The molecule has 0 spiro atoms. The summed E-state index contributed by atoms with van der Waals surface area (Å²) in [6, 6.07) is 12.9. The lowest BCUT2D eigenvalue weighted by Gasteiger charge is -2.07. The van der Waals surface area contributed by atoms with Crippen LogP contribution in [0.3, 0.4) is 0 Å². The number of benzene rings is 2. The van der Waals surface area contributed by atoms with Gasteiger partial charge in [-0.1, -0.05) is 18.2 Å². The van der Waals surface area contributed by atoms with E-state index in [1.165, 1.54) is 35.2 Å². The standard InChI is InChI=1S/C18H13FN4O2/c19-11-5-7-12(8-6-11)21-15(24)9-23-10-20-16-13-3-1-2-4-14(13)22-17(16)18(23)25/h1-8,10,22H,9H2,(H,21,24). The van der Waals surface area contributed by atoms with E-state index in [0.29, 0.717) is 16.7 Å². The summed E-state index contributed by atoms with van der Waals surface area (Å²) in [5, 5.41) is 3.47. The van der Waals surface area contributed by atoms with Gasteiger partial charge in [0, 0.05) is 16.6 Å². The van der Waals surface area contributed by atoms with E-state index >= 15 is 0 Å². The zero-order valence-electron chi connectivity index (χ0n) is 13.0. The van der Waals surface area contributed by atoms with Gasteiger partial charge in [-0.05, 0) is 30.3 Å².